The van der Waals surface area contributed by atoms with Crippen molar-refractivity contribution in [1.29, 1.82) is 0 Å². The predicted octanol–water partition coefficient (Wildman–Crippen LogP) is 7.18. The highest BCUT2D eigenvalue weighted by atomic mass is 19.2. The van der Waals surface area contributed by atoms with E-state index >= 15 is 0 Å². The number of rotatable bonds is 7. The Morgan fingerprint density at radius 3 is 2.28 bits per heavy atom. The van der Waals surface area contributed by atoms with Crippen molar-refractivity contribution in [1.82, 2.24) is 0 Å². The van der Waals surface area contributed by atoms with E-state index < -0.39 is 23.3 Å². The first-order valence-electron chi connectivity index (χ1n) is 10.5. The molecule has 1 aliphatic rings. The van der Waals surface area contributed by atoms with Crippen molar-refractivity contribution in [3.8, 4) is 34.1 Å². The summed E-state index contributed by atoms with van der Waals surface area (Å²) in [5.74, 6) is -4.42. The van der Waals surface area contributed by atoms with Gasteiger partial charge in [-0.2, -0.15) is 8.78 Å². The van der Waals surface area contributed by atoms with Gasteiger partial charge >= 0.3 is 0 Å². The van der Waals surface area contributed by atoms with E-state index in [1.807, 2.05) is 6.92 Å². The molecular formula is C25H22F4O3. The SMILES string of the molecule is CCCCOc1ccc(-c2cc3c(c(F)c2F)Oc2c(ccc(OCC)c2F)C3)cc1F. The van der Waals surface area contributed by atoms with Gasteiger partial charge in [-0.1, -0.05) is 25.5 Å². The van der Waals surface area contributed by atoms with Crippen LogP contribution >= 0.6 is 0 Å². The third-order valence-electron chi connectivity index (χ3n) is 5.27. The minimum Gasteiger partial charge on any atom is -0.491 e. The van der Waals surface area contributed by atoms with Gasteiger partial charge in [0.25, 0.3) is 0 Å². The lowest BCUT2D eigenvalue weighted by molar-refractivity contribution is 0.294. The van der Waals surface area contributed by atoms with E-state index in [4.69, 9.17) is 14.2 Å². The second-order valence-corrected chi connectivity index (χ2v) is 7.47. The van der Waals surface area contributed by atoms with Crippen LogP contribution in [0.25, 0.3) is 11.1 Å². The molecule has 0 amide bonds. The highest BCUT2D eigenvalue weighted by Crippen LogP contribution is 2.45. The number of benzene rings is 3. The largest absolute Gasteiger partial charge is 0.491 e. The van der Waals surface area contributed by atoms with Gasteiger partial charge in [-0.05, 0) is 43.2 Å². The molecule has 0 saturated heterocycles. The molecule has 3 aromatic carbocycles. The Balaban J connectivity index is 1.69. The average Bonchev–Trinajstić information content (AvgIpc) is 2.79. The van der Waals surface area contributed by atoms with Crippen molar-refractivity contribution in [2.45, 2.75) is 33.1 Å². The molecule has 0 N–H and O–H groups in total. The maximum Gasteiger partial charge on any atom is 0.207 e. The maximum absolute atomic E-state index is 14.9. The molecule has 0 unspecified atom stereocenters. The van der Waals surface area contributed by atoms with Gasteiger partial charge in [0, 0.05) is 23.1 Å². The first-order chi connectivity index (χ1) is 15.4. The van der Waals surface area contributed by atoms with Crippen molar-refractivity contribution in [3.05, 3.63) is 70.8 Å². The Kier molecular flexibility index (Phi) is 6.26. The highest BCUT2D eigenvalue weighted by Gasteiger charge is 2.29. The van der Waals surface area contributed by atoms with Crippen molar-refractivity contribution >= 4 is 0 Å². The first-order valence-corrected chi connectivity index (χ1v) is 10.5. The van der Waals surface area contributed by atoms with E-state index in [2.05, 4.69) is 0 Å². The van der Waals surface area contributed by atoms with Gasteiger partial charge in [0.05, 0.1) is 13.2 Å². The van der Waals surface area contributed by atoms with Crippen LogP contribution in [-0.4, -0.2) is 13.2 Å². The molecule has 1 aliphatic heterocycles. The topological polar surface area (TPSA) is 27.7 Å². The van der Waals surface area contributed by atoms with Crippen molar-refractivity contribution in [2.24, 2.45) is 0 Å². The number of unbranched alkanes of at least 4 members (excludes halogenated alkanes) is 1. The summed E-state index contributed by atoms with van der Waals surface area (Å²) in [5.41, 5.74) is 0.854. The average molecular weight is 446 g/mol. The summed E-state index contributed by atoms with van der Waals surface area (Å²) in [5, 5.41) is 0. The van der Waals surface area contributed by atoms with Crippen LogP contribution in [0.15, 0.2) is 36.4 Å². The Hall–Kier alpha value is -3.22. The van der Waals surface area contributed by atoms with E-state index in [1.165, 1.54) is 24.3 Å². The van der Waals surface area contributed by atoms with Gasteiger partial charge in [0.15, 0.2) is 34.6 Å². The zero-order valence-corrected chi connectivity index (χ0v) is 17.7. The van der Waals surface area contributed by atoms with Gasteiger partial charge in [0.2, 0.25) is 11.6 Å². The molecular weight excluding hydrogens is 424 g/mol. The summed E-state index contributed by atoms with van der Waals surface area (Å²) in [4.78, 5) is 0. The standard InChI is InChI=1S/C25H22F4O3/c1-3-5-10-31-19-8-6-14(13-18(19)26)17-12-16-11-15-7-9-20(30-4-2)22(28)24(15)32-25(16)23(29)21(17)27/h6-9,12-13H,3-5,10-11H2,1-2H3. The third kappa shape index (κ3) is 3.99. The van der Waals surface area contributed by atoms with E-state index in [0.717, 1.165) is 18.9 Å². The molecule has 0 saturated carbocycles. The zero-order valence-electron chi connectivity index (χ0n) is 17.7. The van der Waals surface area contributed by atoms with Crippen molar-refractivity contribution < 1.29 is 31.8 Å². The molecule has 0 aromatic heterocycles. The Morgan fingerprint density at radius 2 is 1.56 bits per heavy atom. The summed E-state index contributed by atoms with van der Waals surface area (Å²) in [6.45, 7) is 4.31. The molecule has 4 rings (SSSR count). The maximum atomic E-state index is 14.9. The van der Waals surface area contributed by atoms with Crippen LogP contribution in [0.1, 0.15) is 37.8 Å². The highest BCUT2D eigenvalue weighted by molar-refractivity contribution is 5.69. The number of fused-ring (bicyclic) bond motifs is 2. The number of hydrogen-bond donors (Lipinski definition) is 0. The smallest absolute Gasteiger partial charge is 0.207 e. The van der Waals surface area contributed by atoms with E-state index in [9.17, 15) is 17.6 Å². The van der Waals surface area contributed by atoms with Crippen LogP contribution < -0.4 is 14.2 Å². The van der Waals surface area contributed by atoms with Crippen molar-refractivity contribution in [3.63, 3.8) is 0 Å². The molecule has 32 heavy (non-hydrogen) atoms. The summed E-state index contributed by atoms with van der Waals surface area (Å²) in [7, 11) is 0. The lowest BCUT2D eigenvalue weighted by Crippen LogP contribution is -2.10. The normalized spacial score (nSPS) is 12.1. The van der Waals surface area contributed by atoms with E-state index in [0.29, 0.717) is 17.7 Å². The summed E-state index contributed by atoms with van der Waals surface area (Å²) in [6.07, 6.45) is 1.81. The zero-order chi connectivity index (χ0) is 22.8. The molecule has 0 atom stereocenters. The molecule has 3 nitrogen and oxygen atoms in total. The lowest BCUT2D eigenvalue weighted by atomic mass is 9.95. The Morgan fingerprint density at radius 1 is 0.812 bits per heavy atom. The summed E-state index contributed by atoms with van der Waals surface area (Å²) < 4.78 is 75.0. The number of ether oxygens (including phenoxy) is 3. The van der Waals surface area contributed by atoms with Crippen LogP contribution in [0.3, 0.4) is 0 Å². The second kappa shape index (κ2) is 9.10. The number of halogens is 4. The molecule has 0 spiro atoms. The molecule has 0 bridgehead atoms. The van der Waals surface area contributed by atoms with Crippen LogP contribution in [0, 0.1) is 23.3 Å². The molecule has 7 heteroatoms. The predicted molar refractivity (Wildman–Crippen MR) is 113 cm³/mol. The van der Waals surface area contributed by atoms with E-state index in [1.54, 1.807) is 13.0 Å². The van der Waals surface area contributed by atoms with Crippen molar-refractivity contribution in [2.75, 3.05) is 13.2 Å². The third-order valence-corrected chi connectivity index (χ3v) is 5.27. The van der Waals surface area contributed by atoms with Gasteiger partial charge in [-0.3, -0.25) is 0 Å². The summed E-state index contributed by atoms with van der Waals surface area (Å²) >= 11 is 0. The van der Waals surface area contributed by atoms with Crippen LogP contribution in [0.2, 0.25) is 0 Å². The fraction of sp³-hybridized carbons (Fsp3) is 0.280. The minimum atomic E-state index is -1.26. The van der Waals surface area contributed by atoms with Crippen LogP contribution in [-0.2, 0) is 6.42 Å². The Labute approximate surface area is 183 Å². The molecule has 3 aromatic rings. The molecule has 1 heterocycles. The minimum absolute atomic E-state index is 0.0241. The fourth-order valence-corrected chi connectivity index (χ4v) is 3.63. The summed E-state index contributed by atoms with van der Waals surface area (Å²) in [6, 6.07) is 8.47. The molecule has 0 radical (unpaired) electrons. The monoisotopic (exact) mass is 446 g/mol. The lowest BCUT2D eigenvalue weighted by Gasteiger charge is -2.23. The fourth-order valence-electron chi connectivity index (χ4n) is 3.63. The number of hydrogen-bond acceptors (Lipinski definition) is 3. The molecule has 168 valence electrons. The molecule has 0 aliphatic carbocycles. The first kappa shape index (κ1) is 22.0. The van der Waals surface area contributed by atoms with Gasteiger partial charge in [0.1, 0.15) is 0 Å². The molecule has 0 fully saturated rings. The van der Waals surface area contributed by atoms with E-state index in [-0.39, 0.29) is 47.2 Å². The van der Waals surface area contributed by atoms with Crippen LogP contribution in [0.5, 0.6) is 23.0 Å². The van der Waals surface area contributed by atoms with Gasteiger partial charge < -0.3 is 14.2 Å². The van der Waals surface area contributed by atoms with Gasteiger partial charge in [-0.25, -0.2) is 8.78 Å². The second-order valence-electron chi connectivity index (χ2n) is 7.47. The van der Waals surface area contributed by atoms with Gasteiger partial charge in [-0.15, -0.1) is 0 Å². The van der Waals surface area contributed by atoms with Crippen LogP contribution in [0.4, 0.5) is 17.6 Å². The quantitative estimate of drug-likeness (QED) is 0.222. The Bertz CT molecular complexity index is 1160.